The van der Waals surface area contributed by atoms with E-state index in [4.69, 9.17) is 0 Å². The normalized spacial score (nSPS) is 22.4. The van der Waals surface area contributed by atoms with Gasteiger partial charge in [-0.3, -0.25) is 9.59 Å². The Bertz CT molecular complexity index is 256. The lowest BCUT2D eigenvalue weighted by Gasteiger charge is -2.21. The summed E-state index contributed by atoms with van der Waals surface area (Å²) >= 11 is 0. The van der Waals surface area contributed by atoms with Crippen LogP contribution in [0.3, 0.4) is 0 Å². The van der Waals surface area contributed by atoms with Crippen molar-refractivity contribution in [3.8, 4) is 0 Å². The van der Waals surface area contributed by atoms with Gasteiger partial charge in [0, 0.05) is 25.4 Å². The molecule has 1 fully saturated rings. The van der Waals surface area contributed by atoms with Crippen LogP contribution >= 0.6 is 0 Å². The van der Waals surface area contributed by atoms with E-state index in [-0.39, 0.29) is 30.7 Å². The minimum absolute atomic E-state index is 0.0690. The van der Waals surface area contributed by atoms with Crippen molar-refractivity contribution in [1.82, 2.24) is 10.6 Å². The fraction of sp³-hybridized carbons (Fsp3) is 0.818. The minimum Gasteiger partial charge on any atom is -0.391 e. The van der Waals surface area contributed by atoms with E-state index in [1.165, 1.54) is 0 Å². The molecule has 0 radical (unpaired) electrons. The van der Waals surface area contributed by atoms with Crippen molar-refractivity contribution < 1.29 is 14.7 Å². The number of hydrogen-bond acceptors (Lipinski definition) is 3. The summed E-state index contributed by atoms with van der Waals surface area (Å²) in [7, 11) is 0. The largest absolute Gasteiger partial charge is 0.391 e. The summed E-state index contributed by atoms with van der Waals surface area (Å²) in [6, 6.07) is 0. The summed E-state index contributed by atoms with van der Waals surface area (Å²) in [6.07, 6.45) is 2.04. The molecule has 5 heteroatoms. The van der Waals surface area contributed by atoms with E-state index >= 15 is 0 Å². The first kappa shape index (κ1) is 13.0. The summed E-state index contributed by atoms with van der Waals surface area (Å²) in [4.78, 5) is 22.7. The first-order valence-electron chi connectivity index (χ1n) is 5.86. The van der Waals surface area contributed by atoms with Crippen LogP contribution in [0.25, 0.3) is 0 Å². The van der Waals surface area contributed by atoms with Crippen LogP contribution in [0.2, 0.25) is 0 Å². The van der Waals surface area contributed by atoms with Gasteiger partial charge in [-0.15, -0.1) is 0 Å². The lowest BCUT2D eigenvalue weighted by atomic mass is 9.96. The molecule has 1 aliphatic heterocycles. The van der Waals surface area contributed by atoms with Crippen LogP contribution in [0.4, 0.5) is 0 Å². The van der Waals surface area contributed by atoms with Gasteiger partial charge in [0.2, 0.25) is 11.8 Å². The zero-order valence-corrected chi connectivity index (χ0v) is 9.66. The van der Waals surface area contributed by atoms with Crippen LogP contribution in [-0.2, 0) is 9.59 Å². The molecule has 0 aromatic rings. The third-order valence-corrected chi connectivity index (χ3v) is 2.75. The molecule has 0 saturated carbocycles. The molecule has 0 bridgehead atoms. The average Bonchev–Trinajstić information content (AvgIpc) is 2.26. The Morgan fingerprint density at radius 3 is 3.06 bits per heavy atom. The number of hydrogen-bond donors (Lipinski definition) is 3. The maximum absolute atomic E-state index is 11.7. The molecule has 2 atom stereocenters. The van der Waals surface area contributed by atoms with Crippen molar-refractivity contribution in [1.29, 1.82) is 0 Å². The lowest BCUT2D eigenvalue weighted by Crippen LogP contribution is -2.42. The predicted molar refractivity (Wildman–Crippen MR) is 59.7 cm³/mol. The highest BCUT2D eigenvalue weighted by Crippen LogP contribution is 2.12. The molecule has 1 heterocycles. The van der Waals surface area contributed by atoms with Crippen molar-refractivity contribution in [2.45, 2.75) is 38.7 Å². The van der Waals surface area contributed by atoms with Crippen LogP contribution < -0.4 is 10.6 Å². The highest BCUT2D eigenvalue weighted by Gasteiger charge is 2.25. The molecule has 2 amide bonds. The van der Waals surface area contributed by atoms with Gasteiger partial charge in [-0.1, -0.05) is 13.3 Å². The molecular formula is C11H20N2O3. The number of rotatable bonds is 5. The van der Waals surface area contributed by atoms with E-state index in [0.717, 1.165) is 6.42 Å². The van der Waals surface area contributed by atoms with E-state index in [1.807, 2.05) is 6.92 Å². The maximum atomic E-state index is 11.7. The number of nitrogens with one attached hydrogen (secondary N) is 2. The van der Waals surface area contributed by atoms with Crippen LogP contribution in [-0.4, -0.2) is 36.1 Å². The highest BCUT2D eigenvalue weighted by atomic mass is 16.3. The molecule has 1 aliphatic rings. The van der Waals surface area contributed by atoms with Crippen LogP contribution in [0.15, 0.2) is 0 Å². The summed E-state index contributed by atoms with van der Waals surface area (Å²) < 4.78 is 0. The molecule has 1 rings (SSSR count). The monoisotopic (exact) mass is 228 g/mol. The molecule has 0 aromatic heterocycles. The molecule has 16 heavy (non-hydrogen) atoms. The molecule has 2 unspecified atom stereocenters. The number of aliphatic hydroxyl groups is 1. The zero-order valence-electron chi connectivity index (χ0n) is 9.66. The topological polar surface area (TPSA) is 78.4 Å². The first-order valence-corrected chi connectivity index (χ1v) is 5.86. The van der Waals surface area contributed by atoms with Gasteiger partial charge in [0.1, 0.15) is 0 Å². The van der Waals surface area contributed by atoms with Gasteiger partial charge in [-0.2, -0.15) is 0 Å². The molecule has 0 spiro atoms. The van der Waals surface area contributed by atoms with E-state index in [9.17, 15) is 14.7 Å². The average molecular weight is 228 g/mol. The number of piperidine rings is 1. The Hall–Kier alpha value is -1.10. The summed E-state index contributed by atoms with van der Waals surface area (Å²) in [6.45, 7) is 2.83. The predicted octanol–water partition coefficient (Wildman–Crippen LogP) is -0.210. The van der Waals surface area contributed by atoms with Gasteiger partial charge >= 0.3 is 0 Å². The maximum Gasteiger partial charge on any atom is 0.223 e. The second-order valence-electron chi connectivity index (χ2n) is 4.23. The second-order valence-corrected chi connectivity index (χ2v) is 4.23. The van der Waals surface area contributed by atoms with E-state index in [1.54, 1.807) is 0 Å². The SMILES string of the molecule is CCCC(O)CNC(=O)C1CCNC(=O)C1. The van der Waals surface area contributed by atoms with Crippen molar-refractivity contribution >= 4 is 11.8 Å². The Kier molecular flexibility index (Phi) is 5.25. The minimum atomic E-state index is -0.480. The lowest BCUT2D eigenvalue weighted by molar-refractivity contribution is -0.132. The quantitative estimate of drug-likeness (QED) is 0.609. The van der Waals surface area contributed by atoms with E-state index in [2.05, 4.69) is 10.6 Å². The second kappa shape index (κ2) is 6.48. The number of carbonyl (C=O) groups excluding carboxylic acids is 2. The van der Waals surface area contributed by atoms with Crippen LogP contribution in [0, 0.1) is 5.92 Å². The number of amides is 2. The van der Waals surface area contributed by atoms with Crippen molar-refractivity contribution in [2.24, 2.45) is 5.92 Å². The number of aliphatic hydroxyl groups excluding tert-OH is 1. The standard InChI is InChI=1S/C11H20N2O3/c1-2-3-9(14)7-13-11(16)8-4-5-12-10(15)6-8/h8-9,14H,2-7H2,1H3,(H,12,15)(H,13,16). The van der Waals surface area contributed by atoms with Gasteiger partial charge < -0.3 is 15.7 Å². The van der Waals surface area contributed by atoms with Gasteiger partial charge in [0.25, 0.3) is 0 Å². The Labute approximate surface area is 95.6 Å². The Morgan fingerprint density at radius 1 is 1.69 bits per heavy atom. The molecule has 3 N–H and O–H groups in total. The Balaban J connectivity index is 2.26. The fourth-order valence-electron chi connectivity index (χ4n) is 1.81. The summed E-state index contributed by atoms with van der Waals surface area (Å²) in [5.74, 6) is -0.423. The van der Waals surface area contributed by atoms with E-state index < -0.39 is 6.10 Å². The van der Waals surface area contributed by atoms with E-state index in [0.29, 0.717) is 19.4 Å². The van der Waals surface area contributed by atoms with Crippen molar-refractivity contribution in [3.63, 3.8) is 0 Å². The fourth-order valence-corrected chi connectivity index (χ4v) is 1.81. The molecule has 0 aliphatic carbocycles. The molecule has 92 valence electrons. The molecule has 5 nitrogen and oxygen atoms in total. The highest BCUT2D eigenvalue weighted by molar-refractivity contribution is 5.86. The van der Waals surface area contributed by atoms with Gasteiger partial charge in [0.15, 0.2) is 0 Å². The van der Waals surface area contributed by atoms with Crippen LogP contribution in [0.5, 0.6) is 0 Å². The van der Waals surface area contributed by atoms with Gasteiger partial charge in [0.05, 0.1) is 6.10 Å². The molecule has 0 aromatic carbocycles. The summed E-state index contributed by atoms with van der Waals surface area (Å²) in [5, 5.41) is 14.8. The Morgan fingerprint density at radius 2 is 2.44 bits per heavy atom. The third-order valence-electron chi connectivity index (χ3n) is 2.75. The van der Waals surface area contributed by atoms with Crippen LogP contribution in [0.1, 0.15) is 32.6 Å². The van der Waals surface area contributed by atoms with Gasteiger partial charge in [-0.05, 0) is 12.8 Å². The zero-order chi connectivity index (χ0) is 12.0. The summed E-state index contributed by atoms with van der Waals surface area (Å²) in [5.41, 5.74) is 0. The number of carbonyl (C=O) groups is 2. The molecule has 1 saturated heterocycles. The van der Waals surface area contributed by atoms with Crippen molar-refractivity contribution in [2.75, 3.05) is 13.1 Å². The third kappa shape index (κ3) is 4.18. The van der Waals surface area contributed by atoms with Gasteiger partial charge in [-0.25, -0.2) is 0 Å². The molecular weight excluding hydrogens is 208 g/mol. The smallest absolute Gasteiger partial charge is 0.223 e. The van der Waals surface area contributed by atoms with Crippen molar-refractivity contribution in [3.05, 3.63) is 0 Å². The first-order chi connectivity index (χ1) is 7.63.